The van der Waals surface area contributed by atoms with Crippen LogP contribution in [-0.4, -0.2) is 26.8 Å². The van der Waals surface area contributed by atoms with Gasteiger partial charge in [0.15, 0.2) is 0 Å². The summed E-state index contributed by atoms with van der Waals surface area (Å²) >= 11 is 1.53. The molecule has 0 saturated heterocycles. The molecule has 0 unspecified atom stereocenters. The first-order valence-electron chi connectivity index (χ1n) is 4.49. The normalized spacial score (nSPS) is 10.6. The molecule has 1 heterocycles. The van der Waals surface area contributed by atoms with Crippen molar-refractivity contribution in [1.82, 2.24) is 15.2 Å². The van der Waals surface area contributed by atoms with E-state index in [1.54, 1.807) is 0 Å². The van der Waals surface area contributed by atoms with Crippen LogP contribution < -0.4 is 5.32 Å². The van der Waals surface area contributed by atoms with Gasteiger partial charge in [0.05, 0.1) is 0 Å². The number of aromatic nitrogens is 3. The van der Waals surface area contributed by atoms with Gasteiger partial charge in [-0.05, 0) is 5.75 Å². The lowest BCUT2D eigenvalue weighted by molar-refractivity contribution is -0.118. The first-order valence-corrected chi connectivity index (χ1v) is 5.48. The Labute approximate surface area is 87.1 Å². The van der Waals surface area contributed by atoms with Crippen LogP contribution in [0, 0.1) is 5.92 Å². The maximum Gasteiger partial charge on any atom is 0.229 e. The van der Waals surface area contributed by atoms with Crippen molar-refractivity contribution in [3.63, 3.8) is 0 Å². The van der Waals surface area contributed by atoms with Crippen molar-refractivity contribution < 1.29 is 4.79 Å². The van der Waals surface area contributed by atoms with Gasteiger partial charge >= 0.3 is 0 Å². The summed E-state index contributed by atoms with van der Waals surface area (Å²) in [6, 6.07) is 0. The van der Waals surface area contributed by atoms with Gasteiger partial charge in [0.25, 0.3) is 0 Å². The van der Waals surface area contributed by atoms with Crippen LogP contribution in [0.1, 0.15) is 20.8 Å². The minimum Gasteiger partial charge on any atom is -0.295 e. The zero-order valence-electron chi connectivity index (χ0n) is 8.50. The number of aromatic amines is 1. The summed E-state index contributed by atoms with van der Waals surface area (Å²) < 4.78 is 0. The highest BCUT2D eigenvalue weighted by Crippen LogP contribution is 2.13. The van der Waals surface area contributed by atoms with Gasteiger partial charge in [-0.15, -0.1) is 5.10 Å². The fraction of sp³-hybridized carbons (Fsp3) is 0.625. The first-order chi connectivity index (χ1) is 6.63. The molecule has 0 fully saturated rings. The Morgan fingerprint density at radius 2 is 2.36 bits per heavy atom. The molecule has 14 heavy (non-hydrogen) atoms. The van der Waals surface area contributed by atoms with E-state index in [-0.39, 0.29) is 11.8 Å². The van der Waals surface area contributed by atoms with Crippen LogP contribution in [0.5, 0.6) is 0 Å². The molecule has 0 aliphatic carbocycles. The third-order valence-electron chi connectivity index (χ3n) is 1.50. The number of thioether (sulfide) groups is 1. The van der Waals surface area contributed by atoms with Crippen molar-refractivity contribution >= 4 is 23.6 Å². The van der Waals surface area contributed by atoms with E-state index in [9.17, 15) is 4.79 Å². The number of hydrogen-bond acceptors (Lipinski definition) is 4. The maximum atomic E-state index is 11.3. The summed E-state index contributed by atoms with van der Waals surface area (Å²) in [4.78, 5) is 15.4. The lowest BCUT2D eigenvalue weighted by Crippen LogP contribution is -2.18. The van der Waals surface area contributed by atoms with E-state index in [4.69, 9.17) is 0 Å². The predicted octanol–water partition coefficient (Wildman–Crippen LogP) is 1.51. The number of nitrogens with one attached hydrogen (secondary N) is 2. The standard InChI is InChI=1S/C8H14N4OS/c1-4-14-8-10-7(11-12-8)9-6(13)5(2)3/h5H,4H2,1-3H3,(H2,9,10,11,12,13). The monoisotopic (exact) mass is 214 g/mol. The lowest BCUT2D eigenvalue weighted by atomic mass is 10.2. The smallest absolute Gasteiger partial charge is 0.229 e. The number of H-pyrrole nitrogens is 1. The van der Waals surface area contributed by atoms with Crippen LogP contribution in [0.3, 0.4) is 0 Å². The molecule has 0 aliphatic rings. The summed E-state index contributed by atoms with van der Waals surface area (Å²) in [5.41, 5.74) is 0. The number of rotatable bonds is 4. The Morgan fingerprint density at radius 3 is 2.93 bits per heavy atom. The highest BCUT2D eigenvalue weighted by molar-refractivity contribution is 7.99. The molecule has 2 N–H and O–H groups in total. The Kier molecular flexibility index (Phi) is 3.94. The number of hydrogen-bond donors (Lipinski definition) is 2. The molecule has 0 aliphatic heterocycles. The van der Waals surface area contributed by atoms with E-state index in [1.807, 2.05) is 20.8 Å². The van der Waals surface area contributed by atoms with E-state index >= 15 is 0 Å². The number of amides is 1. The van der Waals surface area contributed by atoms with Gasteiger partial charge in [-0.3, -0.25) is 10.1 Å². The van der Waals surface area contributed by atoms with Crippen LogP contribution in [0.4, 0.5) is 5.95 Å². The van der Waals surface area contributed by atoms with Crippen molar-refractivity contribution in [2.24, 2.45) is 5.92 Å². The second kappa shape index (κ2) is 4.99. The Morgan fingerprint density at radius 1 is 1.64 bits per heavy atom. The molecule has 0 bridgehead atoms. The molecule has 78 valence electrons. The summed E-state index contributed by atoms with van der Waals surface area (Å²) in [6.07, 6.45) is 0. The fourth-order valence-corrected chi connectivity index (χ4v) is 1.28. The first kappa shape index (κ1) is 11.0. The molecular weight excluding hydrogens is 200 g/mol. The third kappa shape index (κ3) is 3.02. The number of anilines is 1. The van der Waals surface area contributed by atoms with Crippen molar-refractivity contribution in [3.05, 3.63) is 0 Å². The lowest BCUT2D eigenvalue weighted by Gasteiger charge is -2.02. The molecule has 0 radical (unpaired) electrons. The number of carbonyl (C=O) groups excluding carboxylic acids is 1. The molecule has 1 amide bonds. The average Bonchev–Trinajstić information content (AvgIpc) is 2.53. The minimum atomic E-state index is -0.0609. The highest BCUT2D eigenvalue weighted by atomic mass is 32.2. The van der Waals surface area contributed by atoms with Gasteiger partial charge in [-0.2, -0.15) is 4.98 Å². The molecule has 6 heteroatoms. The molecule has 5 nitrogen and oxygen atoms in total. The zero-order valence-corrected chi connectivity index (χ0v) is 9.31. The van der Waals surface area contributed by atoms with Crippen molar-refractivity contribution in [2.45, 2.75) is 25.9 Å². The SMILES string of the molecule is CCSc1n[nH]c(NC(=O)C(C)C)n1. The van der Waals surface area contributed by atoms with Crippen LogP contribution in [0.2, 0.25) is 0 Å². The molecule has 0 atom stereocenters. The van der Waals surface area contributed by atoms with E-state index in [2.05, 4.69) is 20.5 Å². The van der Waals surface area contributed by atoms with Gasteiger partial charge < -0.3 is 0 Å². The number of carbonyl (C=O) groups is 1. The van der Waals surface area contributed by atoms with Gasteiger partial charge in [0.1, 0.15) is 0 Å². The number of nitrogens with zero attached hydrogens (tertiary/aromatic N) is 2. The van der Waals surface area contributed by atoms with E-state index in [0.717, 1.165) is 5.75 Å². The maximum absolute atomic E-state index is 11.3. The third-order valence-corrected chi connectivity index (χ3v) is 2.23. The molecule has 1 aromatic rings. The molecule has 0 spiro atoms. The van der Waals surface area contributed by atoms with E-state index in [1.165, 1.54) is 11.8 Å². The van der Waals surface area contributed by atoms with E-state index in [0.29, 0.717) is 11.1 Å². The molecule has 0 saturated carbocycles. The highest BCUT2D eigenvalue weighted by Gasteiger charge is 2.09. The van der Waals surface area contributed by atoms with Crippen LogP contribution in [0.25, 0.3) is 0 Å². The Balaban J connectivity index is 2.55. The van der Waals surface area contributed by atoms with Crippen LogP contribution in [0.15, 0.2) is 5.16 Å². The summed E-state index contributed by atoms with van der Waals surface area (Å²) in [5, 5.41) is 9.89. The van der Waals surface area contributed by atoms with Gasteiger partial charge in [0.2, 0.25) is 17.0 Å². The summed E-state index contributed by atoms with van der Waals surface area (Å²) in [5.74, 6) is 1.21. The second-order valence-electron chi connectivity index (χ2n) is 3.04. The molecule has 1 aromatic heterocycles. The van der Waals surface area contributed by atoms with E-state index < -0.39 is 0 Å². The molecule has 1 rings (SSSR count). The average molecular weight is 214 g/mol. The Bertz CT molecular complexity index is 310. The van der Waals surface area contributed by atoms with Gasteiger partial charge in [0, 0.05) is 5.92 Å². The largest absolute Gasteiger partial charge is 0.295 e. The second-order valence-corrected chi connectivity index (χ2v) is 4.27. The molecule has 0 aromatic carbocycles. The van der Waals surface area contributed by atoms with Crippen molar-refractivity contribution in [2.75, 3.05) is 11.1 Å². The zero-order chi connectivity index (χ0) is 10.6. The van der Waals surface area contributed by atoms with Gasteiger partial charge in [-0.1, -0.05) is 32.5 Å². The quantitative estimate of drug-likeness (QED) is 0.745. The van der Waals surface area contributed by atoms with Crippen molar-refractivity contribution in [1.29, 1.82) is 0 Å². The predicted molar refractivity (Wildman–Crippen MR) is 56.2 cm³/mol. The minimum absolute atomic E-state index is 0.0534. The summed E-state index contributed by atoms with van der Waals surface area (Å²) in [7, 11) is 0. The van der Waals surface area contributed by atoms with Crippen LogP contribution in [-0.2, 0) is 4.79 Å². The summed E-state index contributed by atoms with van der Waals surface area (Å²) in [6.45, 7) is 5.67. The molecular formula is C8H14N4OS. The van der Waals surface area contributed by atoms with Crippen LogP contribution >= 0.6 is 11.8 Å². The topological polar surface area (TPSA) is 70.7 Å². The van der Waals surface area contributed by atoms with Gasteiger partial charge in [-0.25, -0.2) is 5.10 Å². The van der Waals surface area contributed by atoms with Crippen molar-refractivity contribution in [3.8, 4) is 0 Å². The Hall–Kier alpha value is -1.04. The fourth-order valence-electron chi connectivity index (χ4n) is 0.757.